The molecule has 0 atom stereocenters. The third-order valence-electron chi connectivity index (χ3n) is 3.24. The summed E-state index contributed by atoms with van der Waals surface area (Å²) >= 11 is 5.71. The molecule has 124 valence electrons. The van der Waals surface area contributed by atoms with Crippen molar-refractivity contribution in [3.05, 3.63) is 44.7 Å². The molecule has 0 unspecified atom stereocenters. The molecule has 3 aromatic heterocycles. The van der Waals surface area contributed by atoms with E-state index >= 15 is 0 Å². The highest BCUT2D eigenvalue weighted by Crippen LogP contribution is 2.21. The largest absolute Gasteiger partial charge is 0.462 e. The van der Waals surface area contributed by atoms with E-state index in [1.807, 2.05) is 0 Å². The average Bonchev–Trinajstić information content (AvgIpc) is 2.96. The Labute approximate surface area is 138 Å². The van der Waals surface area contributed by atoms with Crippen molar-refractivity contribution in [2.45, 2.75) is 13.8 Å². The van der Waals surface area contributed by atoms with E-state index in [2.05, 4.69) is 19.9 Å². The molecule has 0 saturated heterocycles. The van der Waals surface area contributed by atoms with Crippen LogP contribution in [0.25, 0.3) is 16.9 Å². The smallest absolute Gasteiger partial charge is 0.343 e. The summed E-state index contributed by atoms with van der Waals surface area (Å²) in [6.45, 7) is 3.28. The van der Waals surface area contributed by atoms with Crippen molar-refractivity contribution < 1.29 is 18.6 Å². The molecule has 0 aliphatic rings. The van der Waals surface area contributed by atoms with Crippen LogP contribution in [0.1, 0.15) is 23.0 Å². The zero-order valence-corrected chi connectivity index (χ0v) is 13.3. The Bertz CT molecular complexity index is 1010. The van der Waals surface area contributed by atoms with Gasteiger partial charge in [-0.15, -0.1) is 0 Å². The number of halogens is 2. The van der Waals surface area contributed by atoms with Crippen molar-refractivity contribution in [2.24, 2.45) is 0 Å². The van der Waals surface area contributed by atoms with Gasteiger partial charge < -0.3 is 4.74 Å². The van der Waals surface area contributed by atoms with Crippen molar-refractivity contribution in [3.8, 4) is 5.82 Å². The highest BCUT2D eigenvalue weighted by molar-refractivity contribution is 6.29. The van der Waals surface area contributed by atoms with E-state index < -0.39 is 22.4 Å². The number of carbonyl (C=O) groups excluding carboxylic acids is 1. The predicted molar refractivity (Wildman–Crippen MR) is 80.9 cm³/mol. The van der Waals surface area contributed by atoms with Gasteiger partial charge in [-0.3, -0.25) is 9.36 Å². The molecule has 3 aromatic rings. The summed E-state index contributed by atoms with van der Waals surface area (Å²) in [7, 11) is 0. The molecule has 0 bridgehead atoms. The molecular formula is C14H10ClFN4O4. The lowest BCUT2D eigenvalue weighted by molar-refractivity contribution is 0.0524. The second-order valence-electron chi connectivity index (χ2n) is 4.77. The maximum atomic E-state index is 13.8. The van der Waals surface area contributed by atoms with Gasteiger partial charge in [-0.1, -0.05) is 16.8 Å². The molecule has 0 fully saturated rings. The van der Waals surface area contributed by atoms with E-state index in [1.54, 1.807) is 13.8 Å². The molecule has 0 spiro atoms. The molecule has 0 saturated carbocycles. The number of aromatic nitrogens is 4. The van der Waals surface area contributed by atoms with Crippen LogP contribution in [0.5, 0.6) is 0 Å². The van der Waals surface area contributed by atoms with Crippen LogP contribution in [0.3, 0.4) is 0 Å². The molecule has 24 heavy (non-hydrogen) atoms. The van der Waals surface area contributed by atoms with Crippen LogP contribution < -0.4 is 5.43 Å². The van der Waals surface area contributed by atoms with E-state index in [1.165, 1.54) is 10.8 Å². The first-order chi connectivity index (χ1) is 11.4. The summed E-state index contributed by atoms with van der Waals surface area (Å²) in [5.41, 5.74) is -0.637. The van der Waals surface area contributed by atoms with Crippen LogP contribution in [-0.4, -0.2) is 32.4 Å². The summed E-state index contributed by atoms with van der Waals surface area (Å²) in [5, 5.41) is 6.78. The Balaban J connectivity index is 2.43. The fourth-order valence-corrected chi connectivity index (χ4v) is 2.30. The van der Waals surface area contributed by atoms with Gasteiger partial charge in [0.15, 0.2) is 16.6 Å². The maximum Gasteiger partial charge on any atom is 0.343 e. The first-order valence-electron chi connectivity index (χ1n) is 6.82. The van der Waals surface area contributed by atoms with Crippen molar-refractivity contribution in [2.75, 3.05) is 6.61 Å². The molecule has 0 aliphatic heterocycles. The average molecular weight is 353 g/mol. The Morgan fingerprint density at radius 3 is 2.83 bits per heavy atom. The fourth-order valence-electron chi connectivity index (χ4n) is 2.16. The summed E-state index contributed by atoms with van der Waals surface area (Å²) in [6, 6.07) is 0.912. The van der Waals surface area contributed by atoms with Gasteiger partial charge in [0.25, 0.3) is 0 Å². The van der Waals surface area contributed by atoms with Crippen LogP contribution in [0.2, 0.25) is 5.15 Å². The highest BCUT2D eigenvalue weighted by atomic mass is 35.5. The van der Waals surface area contributed by atoms with E-state index in [-0.39, 0.29) is 29.0 Å². The van der Waals surface area contributed by atoms with Gasteiger partial charge in [0.1, 0.15) is 11.3 Å². The van der Waals surface area contributed by atoms with Crippen molar-refractivity contribution >= 4 is 28.6 Å². The van der Waals surface area contributed by atoms with E-state index in [9.17, 15) is 14.0 Å². The standard InChI is InChI=1S/C14H10ClFN4O4/c1-3-23-14(22)8-5-20(12-6(2)18-24-19-12)13-7(10(8)21)4-9(16)11(15)17-13/h4-5H,3H2,1-2H3. The van der Waals surface area contributed by atoms with Gasteiger partial charge in [-0.05, 0) is 25.1 Å². The zero-order chi connectivity index (χ0) is 17.4. The van der Waals surface area contributed by atoms with Gasteiger partial charge in [0.2, 0.25) is 11.2 Å². The van der Waals surface area contributed by atoms with Gasteiger partial charge in [-0.2, -0.15) is 0 Å². The molecule has 3 heterocycles. The third-order valence-corrected chi connectivity index (χ3v) is 3.51. The fraction of sp³-hybridized carbons (Fsp3) is 0.214. The predicted octanol–water partition coefficient (Wildman–Crippen LogP) is 2.05. The first kappa shape index (κ1) is 16.1. The normalized spacial score (nSPS) is 11.0. The number of pyridine rings is 2. The topological polar surface area (TPSA) is 100 Å². The minimum Gasteiger partial charge on any atom is -0.462 e. The Kier molecular flexibility index (Phi) is 4.02. The molecule has 0 amide bonds. The minimum atomic E-state index is -0.885. The van der Waals surface area contributed by atoms with Crippen LogP contribution in [0.15, 0.2) is 21.7 Å². The summed E-state index contributed by atoms with van der Waals surface area (Å²) in [4.78, 5) is 28.4. The Hall–Kier alpha value is -2.81. The molecule has 3 rings (SSSR count). The van der Waals surface area contributed by atoms with Crippen LogP contribution in [0, 0.1) is 12.7 Å². The van der Waals surface area contributed by atoms with E-state index in [4.69, 9.17) is 16.3 Å². The van der Waals surface area contributed by atoms with Crippen molar-refractivity contribution in [1.82, 2.24) is 19.9 Å². The molecule has 8 nitrogen and oxygen atoms in total. The lowest BCUT2D eigenvalue weighted by Crippen LogP contribution is -2.21. The summed E-state index contributed by atoms with van der Waals surface area (Å²) in [6.07, 6.45) is 1.19. The Morgan fingerprint density at radius 1 is 1.46 bits per heavy atom. The monoisotopic (exact) mass is 352 g/mol. The molecule has 10 heteroatoms. The van der Waals surface area contributed by atoms with Crippen LogP contribution in [0.4, 0.5) is 4.39 Å². The van der Waals surface area contributed by atoms with Crippen LogP contribution >= 0.6 is 11.6 Å². The number of nitrogens with zero attached hydrogens (tertiary/aromatic N) is 4. The van der Waals surface area contributed by atoms with Crippen molar-refractivity contribution in [1.29, 1.82) is 0 Å². The maximum absolute atomic E-state index is 13.8. The van der Waals surface area contributed by atoms with Crippen LogP contribution in [-0.2, 0) is 4.74 Å². The number of hydrogen-bond donors (Lipinski definition) is 0. The van der Waals surface area contributed by atoms with Gasteiger partial charge >= 0.3 is 5.97 Å². The zero-order valence-electron chi connectivity index (χ0n) is 12.5. The minimum absolute atomic E-state index is 0.0123. The van der Waals surface area contributed by atoms with E-state index in [0.717, 1.165) is 6.07 Å². The second-order valence-corrected chi connectivity index (χ2v) is 5.13. The quantitative estimate of drug-likeness (QED) is 0.525. The number of ether oxygens (including phenoxy) is 1. The molecule has 0 aliphatic carbocycles. The number of rotatable bonds is 3. The molecule has 0 N–H and O–H groups in total. The number of carbonyl (C=O) groups is 1. The number of esters is 1. The lowest BCUT2D eigenvalue weighted by Gasteiger charge is -2.10. The van der Waals surface area contributed by atoms with Crippen molar-refractivity contribution in [3.63, 3.8) is 0 Å². The molecule has 0 aromatic carbocycles. The van der Waals surface area contributed by atoms with Gasteiger partial charge in [0, 0.05) is 6.20 Å². The highest BCUT2D eigenvalue weighted by Gasteiger charge is 2.21. The second kappa shape index (κ2) is 6.00. The number of aryl methyl sites for hydroxylation is 1. The lowest BCUT2D eigenvalue weighted by atomic mass is 10.2. The van der Waals surface area contributed by atoms with Gasteiger partial charge in [0.05, 0.1) is 12.0 Å². The summed E-state index contributed by atoms with van der Waals surface area (Å²) in [5.74, 6) is -1.55. The molecular weight excluding hydrogens is 343 g/mol. The Morgan fingerprint density at radius 2 is 2.21 bits per heavy atom. The molecule has 0 radical (unpaired) electrons. The van der Waals surface area contributed by atoms with Gasteiger partial charge in [-0.25, -0.2) is 18.8 Å². The number of hydrogen-bond acceptors (Lipinski definition) is 7. The SMILES string of the molecule is CCOC(=O)c1cn(-c2nonc2C)c2nc(Cl)c(F)cc2c1=O. The summed E-state index contributed by atoms with van der Waals surface area (Å²) < 4.78 is 24.5. The first-order valence-corrected chi connectivity index (χ1v) is 7.20. The number of fused-ring (bicyclic) bond motifs is 1. The third kappa shape index (κ3) is 2.52. The van der Waals surface area contributed by atoms with E-state index in [0.29, 0.717) is 5.69 Å².